The van der Waals surface area contributed by atoms with Gasteiger partial charge in [-0.1, -0.05) is 80.6 Å². The van der Waals surface area contributed by atoms with Crippen LogP contribution in [0.4, 0.5) is 0 Å². The van der Waals surface area contributed by atoms with Gasteiger partial charge in [0.15, 0.2) is 0 Å². The van der Waals surface area contributed by atoms with E-state index in [9.17, 15) is 71.4 Å². The Labute approximate surface area is 681 Å². The molecule has 2 aromatic carbocycles. The van der Waals surface area contributed by atoms with Crippen molar-refractivity contribution < 1.29 is 109 Å². The highest BCUT2D eigenvalue weighted by atomic mass is 79.9. The first kappa shape index (κ1) is 91.3. The summed E-state index contributed by atoms with van der Waals surface area (Å²) < 4.78 is 64.9. The topological polar surface area (TPSA) is 576 Å². The highest BCUT2D eigenvalue weighted by Crippen LogP contribution is 2.41. The van der Waals surface area contributed by atoms with Crippen molar-refractivity contribution in [2.24, 2.45) is 17.6 Å². The fraction of sp³-hybridized carbons (Fsp3) is 0.580. The molecule has 5 aliphatic rings. The zero-order chi connectivity index (χ0) is 83.7. The number of hydrogen-bond donors (Lipinski definition) is 16. The van der Waals surface area contributed by atoms with Crippen LogP contribution in [0.5, 0.6) is 5.75 Å². The summed E-state index contributed by atoms with van der Waals surface area (Å²) >= 11 is 6.83. The Kier molecular flexibility index (Phi) is 32.9. The summed E-state index contributed by atoms with van der Waals surface area (Å²) in [5.74, 6) is -18.4. The normalized spacial score (nSPS) is 23.2. The maximum atomic E-state index is 16.4. The molecule has 0 radical (unpaired) electrons. The van der Waals surface area contributed by atoms with E-state index >= 15 is 23.4 Å². The molecule has 1 saturated heterocycles. The zero-order valence-electron chi connectivity index (χ0n) is 63.0. The van der Waals surface area contributed by atoms with Crippen molar-refractivity contribution in [1.29, 1.82) is 0 Å². The van der Waals surface area contributed by atoms with Gasteiger partial charge in [0.25, 0.3) is 33.4 Å². The second-order valence-corrected chi connectivity index (χ2v) is 35.3. The van der Waals surface area contributed by atoms with E-state index in [1.807, 2.05) is 0 Å². The van der Waals surface area contributed by atoms with Crippen molar-refractivity contribution in [1.82, 2.24) is 77.9 Å². The molecule has 17 N–H and O–H groups in total. The number of alkyl halides is 2. The van der Waals surface area contributed by atoms with Crippen molar-refractivity contribution in [2.75, 3.05) is 96.6 Å². The first-order chi connectivity index (χ1) is 53.9. The molecular weight excluding hydrogens is 1710 g/mol. The van der Waals surface area contributed by atoms with Crippen LogP contribution in [0.1, 0.15) is 87.6 Å². The molecule has 7 heterocycles. The number of aromatic nitrogens is 3. The number of nitrogens with zero attached hydrogens (tertiary/aromatic N) is 4. The number of carbonyl (C=O) groups is 13. The Morgan fingerprint density at radius 2 is 1.53 bits per heavy atom. The fourth-order valence-electron chi connectivity index (χ4n) is 12.9. The number of nitrogens with two attached hydrogens (primary N) is 1. The number of ether oxygens (including phenoxy) is 3. The lowest BCUT2D eigenvalue weighted by Crippen LogP contribution is -2.73. The Hall–Kier alpha value is -8.25. The molecule has 0 saturated carbocycles. The molecule has 8 bridgehead atoms. The van der Waals surface area contributed by atoms with Crippen LogP contribution in [-0.4, -0.2) is 296 Å². The molecule has 45 heteroatoms. The van der Waals surface area contributed by atoms with Crippen LogP contribution in [0.2, 0.25) is 0 Å². The molecular formula is C69H94Br2N16O23S4. The van der Waals surface area contributed by atoms with Crippen molar-refractivity contribution >= 4 is 173 Å². The monoisotopic (exact) mass is 1800 g/mol. The molecule has 114 heavy (non-hydrogen) atoms. The number of rotatable bonds is 31. The third-order valence-electron chi connectivity index (χ3n) is 19.4. The van der Waals surface area contributed by atoms with E-state index in [1.54, 1.807) is 45.9 Å². The van der Waals surface area contributed by atoms with Crippen molar-refractivity contribution in [2.45, 2.75) is 147 Å². The highest BCUT2D eigenvalue weighted by Gasteiger charge is 2.63. The number of H-pyrrole nitrogens is 1. The Bertz CT molecular complexity index is 4430. The Morgan fingerprint density at radius 3 is 2.19 bits per heavy atom. The average Bonchev–Trinajstić information content (AvgIpc) is 1.47. The van der Waals surface area contributed by atoms with Gasteiger partial charge in [-0.3, -0.25) is 71.1 Å². The number of halogens is 2. The van der Waals surface area contributed by atoms with Gasteiger partial charge in [-0.05, 0) is 55.7 Å². The molecule has 1 fully saturated rings. The van der Waals surface area contributed by atoms with Crippen LogP contribution in [-0.2, 0) is 105 Å². The lowest BCUT2D eigenvalue weighted by molar-refractivity contribution is -0.167. The standard InChI is InChI=1S/C69H94Br2N16O23S4/c1-7-34(2)55-61(98)76-29-53(93)79-48-33-113(104)64-40-25-44(59(96)75-30-54(94)83-55)80-62(99)56(35(3)49(90)32-88)85-66(102)69(110-38-9-10-39(40)42(24-38)82-64,50-23-37(89)31-87(50)65(101)45(26-51(72)91)81-60(48)97)67(103)86(6)15-20-111-112-68(4,5)57(63(100)74-14-21-114(105,106)107)84-52(92)12-16-108-18-19-109-17-13-73-58(95)36-8-11-41-43(22-36)78-47(28-71)46(27-70)77-41/h8-11,22,24,34-35,37,44-45,48-50,55-57,82,88-90H,7,12-21,23,25-33H2,1-6H3,(H2,72,91)(H,73,95)(H,74,100)(H,75,96)(H,76,98)(H,79,93)(H,80,99)(H,81,97)(H,83,94)(H,84,92)(H,85,102)(H,105,106,107)/t34-,35-,37+,44+,45-,48-,49-,50-,55-,56-,57?,69?,113?/m0/s1. The first-order valence-electron chi connectivity index (χ1n) is 36.2. The van der Waals surface area contributed by atoms with Crippen molar-refractivity contribution in [3.8, 4) is 5.75 Å². The van der Waals surface area contributed by atoms with Crippen LogP contribution in [0, 0.1) is 11.8 Å². The van der Waals surface area contributed by atoms with Crippen molar-refractivity contribution in [3.63, 3.8) is 0 Å². The fourth-order valence-corrected chi connectivity index (χ4v) is 18.3. The predicted octanol–water partition coefficient (Wildman–Crippen LogP) is -3.80. The molecule has 9 rings (SSSR count). The summed E-state index contributed by atoms with van der Waals surface area (Å²) in [6, 6.07) is -4.08. The molecule has 39 nitrogen and oxygen atoms in total. The number of aliphatic hydroxyl groups is 3. The first-order valence-corrected chi connectivity index (χ1v) is 43.7. The van der Waals surface area contributed by atoms with Crippen LogP contribution in [0.25, 0.3) is 21.9 Å². The molecule has 13 amide bonds. The van der Waals surface area contributed by atoms with E-state index in [0.29, 0.717) is 33.7 Å². The predicted molar refractivity (Wildman–Crippen MR) is 420 cm³/mol. The second-order valence-electron chi connectivity index (χ2n) is 28.1. The lowest BCUT2D eigenvalue weighted by atomic mass is 9.86. The van der Waals surface area contributed by atoms with Crippen LogP contribution >= 0.6 is 53.4 Å². The molecule has 4 aromatic rings. The number of benzene rings is 2. The number of primary amides is 1. The number of hydrogen-bond acceptors (Lipinski definition) is 26. The minimum atomic E-state index is -4.58. The second kappa shape index (κ2) is 41.0. The number of aliphatic hydroxyl groups excluding tert-OH is 3. The number of amides is 13. The van der Waals surface area contributed by atoms with E-state index in [4.69, 9.17) is 19.9 Å². The number of likely N-dealkylation sites (N-methyl/N-ethyl adjacent to an activating group) is 1. The van der Waals surface area contributed by atoms with Crippen LogP contribution < -0.4 is 63.6 Å². The number of fused-ring (bicyclic) bond motifs is 9. The average molecular weight is 1800 g/mol. The van der Waals surface area contributed by atoms with E-state index in [-0.39, 0.29) is 78.3 Å². The van der Waals surface area contributed by atoms with Gasteiger partial charge >= 0.3 is 0 Å². The maximum Gasteiger partial charge on any atom is 0.284 e. The minimum Gasteiger partial charge on any atom is -0.465 e. The van der Waals surface area contributed by atoms with Gasteiger partial charge in [0.1, 0.15) is 47.0 Å². The number of carbonyl (C=O) groups excluding carboxylic acids is 13. The van der Waals surface area contributed by atoms with Crippen LogP contribution in [0.3, 0.4) is 0 Å². The molecule has 0 aliphatic carbocycles. The van der Waals surface area contributed by atoms with Gasteiger partial charge < -0.3 is 103 Å². The minimum absolute atomic E-state index is 0.00371. The van der Waals surface area contributed by atoms with Gasteiger partial charge in [0, 0.05) is 96.6 Å². The third kappa shape index (κ3) is 23.5. The summed E-state index contributed by atoms with van der Waals surface area (Å²) in [6.45, 7) is 3.25. The summed E-state index contributed by atoms with van der Waals surface area (Å²) in [5, 5.41) is 59.6. The smallest absolute Gasteiger partial charge is 0.284 e. The molecule has 3 unspecified atom stereocenters. The van der Waals surface area contributed by atoms with Crippen molar-refractivity contribution in [3.05, 3.63) is 58.9 Å². The van der Waals surface area contributed by atoms with Gasteiger partial charge in [0.05, 0.1) is 121 Å². The summed E-state index contributed by atoms with van der Waals surface area (Å²) in [7, 11) is -3.93. The van der Waals surface area contributed by atoms with Gasteiger partial charge in [-0.15, -0.1) is 0 Å². The highest BCUT2D eigenvalue weighted by molar-refractivity contribution is 9.09. The van der Waals surface area contributed by atoms with E-state index in [0.717, 1.165) is 42.8 Å². The molecule has 5 aliphatic heterocycles. The molecule has 626 valence electrons. The summed E-state index contributed by atoms with van der Waals surface area (Å²) in [5.41, 5.74) is 5.48. The van der Waals surface area contributed by atoms with E-state index in [2.05, 4.69) is 100.0 Å². The SMILES string of the molecule is CC[C@H](C)[C@@H]1NC(=O)CNC(=O)[C@H]2Cc3c4[nH]c5cc(ccc35)OC(C(=O)N(C)CCSSC(C)(C)C(NC(=O)CCOCCOCCNC(=O)c3ccc5nc(CBr)c(CBr)nc5c3)C(=O)NCCS(=O)(=O)O)(C(=O)N[C@@H]([C@@H](C)[C@@H](O)CO)C(=O)N2)[C@@H]2C[C@@H](O)CN2C(=O)[C@H](CC(N)=O)NC(=O)[C@H](CS4=O)NC(=O)CNC1=O. The quantitative estimate of drug-likeness (QED) is 0.00755. The van der Waals surface area contributed by atoms with Gasteiger partial charge in [0.2, 0.25) is 59.1 Å². The summed E-state index contributed by atoms with van der Waals surface area (Å²) in [4.78, 5) is 203. The van der Waals surface area contributed by atoms with E-state index < -0.39 is 239 Å². The Balaban J connectivity index is 1.09. The van der Waals surface area contributed by atoms with Gasteiger partial charge in [-0.25, -0.2) is 9.97 Å². The number of nitrogens with one attached hydrogen (secondary N) is 11. The largest absolute Gasteiger partial charge is 0.465 e. The molecule has 13 atom stereocenters. The summed E-state index contributed by atoms with van der Waals surface area (Å²) in [6.07, 6.45) is -6.00. The Morgan fingerprint density at radius 1 is 0.851 bits per heavy atom. The number of aromatic amines is 1. The zero-order valence-corrected chi connectivity index (χ0v) is 69.4. The third-order valence-corrected chi connectivity index (χ3v) is 25.9. The van der Waals surface area contributed by atoms with Gasteiger partial charge in [-0.2, -0.15) is 8.42 Å². The van der Waals surface area contributed by atoms with Crippen LogP contribution in [0.15, 0.2) is 41.4 Å². The molecule has 2 aromatic heterocycles. The lowest BCUT2D eigenvalue weighted by Gasteiger charge is -2.43. The van der Waals surface area contributed by atoms with E-state index in [1.165, 1.54) is 32.2 Å². The maximum absolute atomic E-state index is 16.4. The molecule has 0 spiro atoms.